The smallest absolute Gasteiger partial charge is 0.416 e. The van der Waals surface area contributed by atoms with Gasteiger partial charge in [-0.05, 0) is 41.0 Å². The van der Waals surface area contributed by atoms with Gasteiger partial charge in [0.2, 0.25) is 5.91 Å². The zero-order chi connectivity index (χ0) is 26.6. The molecule has 0 aromatic heterocycles. The second kappa shape index (κ2) is 10.3. The summed E-state index contributed by atoms with van der Waals surface area (Å²) >= 11 is 0. The van der Waals surface area contributed by atoms with Crippen molar-refractivity contribution in [3.63, 3.8) is 0 Å². The predicted molar refractivity (Wildman–Crippen MR) is 104 cm³/mol. The van der Waals surface area contributed by atoms with Crippen LogP contribution in [0.25, 0.3) is 6.08 Å². The van der Waals surface area contributed by atoms with Gasteiger partial charge in [-0.1, -0.05) is 24.3 Å². The van der Waals surface area contributed by atoms with Crippen LogP contribution in [0.5, 0.6) is 0 Å². The summed E-state index contributed by atoms with van der Waals surface area (Å²) in [5.74, 6) is -1.44. The van der Waals surface area contributed by atoms with Crippen molar-refractivity contribution in [3.8, 4) is 0 Å². The van der Waals surface area contributed by atoms with Crippen molar-refractivity contribution in [3.05, 3.63) is 76.4 Å². The molecule has 1 atom stereocenters. The quantitative estimate of drug-likeness (QED) is 0.331. The third kappa shape index (κ3) is 7.93. The van der Waals surface area contributed by atoms with Gasteiger partial charge in [0.05, 0.1) is 11.1 Å². The van der Waals surface area contributed by atoms with E-state index in [1.165, 1.54) is 5.32 Å². The van der Waals surface area contributed by atoms with Gasteiger partial charge in [0.1, 0.15) is 0 Å². The summed E-state index contributed by atoms with van der Waals surface area (Å²) in [6.45, 7) is -0.682. The van der Waals surface area contributed by atoms with Crippen LogP contribution in [-0.2, 0) is 23.7 Å². The van der Waals surface area contributed by atoms with E-state index in [4.69, 9.17) is 5.11 Å². The first-order valence-corrected chi connectivity index (χ1v) is 9.38. The van der Waals surface area contributed by atoms with E-state index in [1.54, 1.807) is 5.32 Å². The van der Waals surface area contributed by atoms with Gasteiger partial charge in [-0.3, -0.25) is 4.79 Å². The summed E-state index contributed by atoms with van der Waals surface area (Å²) in [6.07, 6.45) is -15.4. The minimum atomic E-state index is -5.18. The van der Waals surface area contributed by atoms with E-state index in [9.17, 15) is 49.1 Å². The van der Waals surface area contributed by atoms with Gasteiger partial charge in [0.25, 0.3) is 0 Å². The Morgan fingerprint density at radius 1 is 0.914 bits per heavy atom. The van der Waals surface area contributed by atoms with Crippen molar-refractivity contribution in [1.29, 1.82) is 0 Å². The molecule has 2 aromatic carbocycles. The highest BCUT2D eigenvalue weighted by Gasteiger charge is 2.42. The third-order valence-corrected chi connectivity index (χ3v) is 4.46. The summed E-state index contributed by atoms with van der Waals surface area (Å²) in [4.78, 5) is 22.6. The molecule has 2 rings (SSSR count). The molecule has 14 heteroatoms. The fraction of sp³-hybridized carbons (Fsp3) is 0.238. The van der Waals surface area contributed by atoms with Crippen LogP contribution in [0.1, 0.15) is 33.9 Å². The summed E-state index contributed by atoms with van der Waals surface area (Å²) in [7, 11) is 0. The molecular weight excluding hydrogens is 499 g/mol. The number of nitrogens with one attached hydrogen (secondary N) is 2. The molecule has 0 saturated heterocycles. The molecule has 0 heterocycles. The number of hydrogen-bond donors (Lipinski definition) is 3. The van der Waals surface area contributed by atoms with Gasteiger partial charge in [-0.15, -0.1) is 0 Å². The highest BCUT2D eigenvalue weighted by molar-refractivity contribution is 5.92. The van der Waals surface area contributed by atoms with E-state index >= 15 is 0 Å². The Morgan fingerprint density at radius 2 is 1.57 bits per heavy atom. The number of hydrogen-bond acceptors (Lipinski definition) is 2. The average Bonchev–Trinajstić information content (AvgIpc) is 2.72. The Balaban J connectivity index is 2.28. The Hall–Kier alpha value is -3.71. The summed E-state index contributed by atoms with van der Waals surface area (Å²) in [5.41, 5.74) is -4.21. The van der Waals surface area contributed by atoms with Gasteiger partial charge in [0, 0.05) is 12.6 Å². The molecule has 3 N–H and O–H groups in total. The molecule has 0 spiro atoms. The van der Waals surface area contributed by atoms with E-state index in [0.717, 1.165) is 30.3 Å². The minimum Gasteiger partial charge on any atom is -0.465 e. The molecule has 0 radical (unpaired) electrons. The van der Waals surface area contributed by atoms with Crippen molar-refractivity contribution in [2.45, 2.75) is 31.1 Å². The number of amides is 2. The zero-order valence-electron chi connectivity index (χ0n) is 17.1. The van der Waals surface area contributed by atoms with E-state index in [1.807, 2.05) is 0 Å². The Bertz CT molecular complexity index is 1110. The second-order valence-corrected chi connectivity index (χ2v) is 7.01. The summed E-state index contributed by atoms with van der Waals surface area (Å²) in [5, 5.41) is 11.8. The standard InChI is InChI=1S/C21H15F9N2O3/c22-19(23,24)14-3-1-2-12(9-14)17(21(28,29)30)32-16(33)7-5-11-4-6-13(10-31-18(34)35)15(8-11)20(25,26)27/h1-9,17,31H,10H2,(H,32,33)(H,34,35). The average molecular weight is 514 g/mol. The maximum atomic E-state index is 13.4. The van der Waals surface area contributed by atoms with Gasteiger partial charge in [-0.2, -0.15) is 39.5 Å². The van der Waals surface area contributed by atoms with E-state index in [-0.39, 0.29) is 11.6 Å². The Kier molecular flexibility index (Phi) is 8.08. The lowest BCUT2D eigenvalue weighted by Crippen LogP contribution is -2.37. The largest absolute Gasteiger partial charge is 0.465 e. The lowest BCUT2D eigenvalue weighted by Gasteiger charge is -2.22. The maximum absolute atomic E-state index is 13.4. The van der Waals surface area contributed by atoms with Gasteiger partial charge in [0.15, 0.2) is 6.04 Å². The zero-order valence-corrected chi connectivity index (χ0v) is 17.1. The van der Waals surface area contributed by atoms with Crippen molar-refractivity contribution in [2.75, 3.05) is 0 Å². The number of benzene rings is 2. The highest BCUT2D eigenvalue weighted by Crippen LogP contribution is 2.36. The molecule has 190 valence electrons. The van der Waals surface area contributed by atoms with E-state index < -0.39 is 65.4 Å². The van der Waals surface area contributed by atoms with Crippen LogP contribution >= 0.6 is 0 Å². The second-order valence-electron chi connectivity index (χ2n) is 7.01. The lowest BCUT2D eigenvalue weighted by atomic mass is 10.0. The number of carbonyl (C=O) groups is 2. The molecule has 1 unspecified atom stereocenters. The lowest BCUT2D eigenvalue weighted by molar-refractivity contribution is -0.162. The maximum Gasteiger partial charge on any atom is 0.416 e. The van der Waals surface area contributed by atoms with Crippen LogP contribution in [0.2, 0.25) is 0 Å². The molecule has 0 bridgehead atoms. The molecule has 0 aliphatic carbocycles. The van der Waals surface area contributed by atoms with Crippen LogP contribution in [-0.4, -0.2) is 23.3 Å². The first-order chi connectivity index (χ1) is 16.0. The number of carboxylic acid groups (broad SMARTS) is 1. The van der Waals surface area contributed by atoms with Gasteiger partial charge < -0.3 is 15.7 Å². The molecule has 0 fully saturated rings. The number of carbonyl (C=O) groups excluding carboxylic acids is 1. The number of alkyl halides is 9. The van der Waals surface area contributed by atoms with Crippen LogP contribution in [0.4, 0.5) is 44.3 Å². The Morgan fingerprint density at radius 3 is 2.11 bits per heavy atom. The summed E-state index contributed by atoms with van der Waals surface area (Å²) < 4.78 is 119. The number of rotatable bonds is 6. The molecule has 0 aliphatic heterocycles. The topological polar surface area (TPSA) is 78.4 Å². The molecule has 0 aliphatic rings. The Labute approximate surface area is 191 Å². The molecule has 2 amide bonds. The molecule has 35 heavy (non-hydrogen) atoms. The first-order valence-electron chi connectivity index (χ1n) is 9.38. The normalized spacial score (nSPS) is 13.5. The van der Waals surface area contributed by atoms with Crippen LogP contribution in [0, 0.1) is 0 Å². The van der Waals surface area contributed by atoms with Crippen molar-refractivity contribution >= 4 is 18.1 Å². The molecular formula is C21H15F9N2O3. The van der Waals surface area contributed by atoms with Crippen molar-refractivity contribution in [2.24, 2.45) is 0 Å². The van der Waals surface area contributed by atoms with Crippen molar-refractivity contribution in [1.82, 2.24) is 10.6 Å². The van der Waals surface area contributed by atoms with Gasteiger partial charge in [-0.25, -0.2) is 4.79 Å². The minimum absolute atomic E-state index is 0.224. The van der Waals surface area contributed by atoms with Crippen LogP contribution < -0.4 is 10.6 Å². The third-order valence-electron chi connectivity index (χ3n) is 4.46. The van der Waals surface area contributed by atoms with E-state index in [2.05, 4.69) is 0 Å². The predicted octanol–water partition coefficient (Wildman–Crippen LogP) is 5.92. The first kappa shape index (κ1) is 27.5. The monoisotopic (exact) mass is 514 g/mol. The highest BCUT2D eigenvalue weighted by atomic mass is 19.4. The fourth-order valence-electron chi connectivity index (χ4n) is 2.90. The summed E-state index contributed by atoms with van der Waals surface area (Å²) in [6, 6.07) is 1.95. The SMILES string of the molecule is O=C(O)NCc1ccc(C=CC(=O)NC(c2cccc(C(F)(F)F)c2)C(F)(F)F)cc1C(F)(F)F. The molecule has 2 aromatic rings. The number of halogens is 9. The van der Waals surface area contributed by atoms with E-state index in [0.29, 0.717) is 18.2 Å². The van der Waals surface area contributed by atoms with Crippen LogP contribution in [0.3, 0.4) is 0 Å². The van der Waals surface area contributed by atoms with Crippen LogP contribution in [0.15, 0.2) is 48.5 Å². The molecule has 0 saturated carbocycles. The fourth-order valence-corrected chi connectivity index (χ4v) is 2.90. The van der Waals surface area contributed by atoms with Gasteiger partial charge >= 0.3 is 24.6 Å². The molecule has 5 nitrogen and oxygen atoms in total. The van der Waals surface area contributed by atoms with Crippen molar-refractivity contribution < 1.29 is 54.2 Å².